The lowest BCUT2D eigenvalue weighted by molar-refractivity contribution is -0.136. The first kappa shape index (κ1) is 18.4. The zero-order valence-electron chi connectivity index (χ0n) is 15.7. The van der Waals surface area contributed by atoms with E-state index in [1.165, 1.54) is 18.1 Å². The number of anilines is 1. The third kappa shape index (κ3) is 3.24. The third-order valence-corrected chi connectivity index (χ3v) is 4.39. The van der Waals surface area contributed by atoms with Gasteiger partial charge in [-0.3, -0.25) is 4.79 Å². The van der Waals surface area contributed by atoms with Crippen molar-refractivity contribution >= 4 is 17.7 Å². The van der Waals surface area contributed by atoms with E-state index < -0.39 is 17.8 Å². The quantitative estimate of drug-likeness (QED) is 0.493. The van der Waals surface area contributed by atoms with Crippen molar-refractivity contribution in [3.05, 3.63) is 65.3 Å². The second-order valence-corrected chi connectivity index (χ2v) is 6.06. The Morgan fingerprint density at radius 2 is 2.03 bits per heavy atom. The van der Waals surface area contributed by atoms with Gasteiger partial charge in [0, 0.05) is 5.56 Å². The number of carbonyl (C=O) groups is 2. The summed E-state index contributed by atoms with van der Waals surface area (Å²) in [7, 11) is 1.23. The average Bonchev–Trinajstić information content (AvgIpc) is 3.44. The molecular formula is C19H17N5O5. The van der Waals surface area contributed by atoms with Gasteiger partial charge < -0.3 is 19.2 Å². The Balaban J connectivity index is 1.85. The Labute approximate surface area is 165 Å². The molecule has 0 amide bonds. The van der Waals surface area contributed by atoms with E-state index in [1.807, 2.05) is 6.92 Å². The highest BCUT2D eigenvalue weighted by atomic mass is 16.5. The van der Waals surface area contributed by atoms with E-state index in [1.54, 1.807) is 36.4 Å². The number of Topliss-reactive ketones (excluding diaryl/α,β-unsaturated/α-hetero) is 1. The van der Waals surface area contributed by atoms with Crippen molar-refractivity contribution in [3.63, 3.8) is 0 Å². The molecule has 1 N–H and O–H groups in total. The number of ketones is 1. The number of hydrogen-bond donors (Lipinski definition) is 1. The fourth-order valence-electron chi connectivity index (χ4n) is 3.12. The molecule has 0 radical (unpaired) electrons. The van der Waals surface area contributed by atoms with Crippen molar-refractivity contribution in [3.8, 4) is 5.75 Å². The highest BCUT2D eigenvalue weighted by molar-refractivity contribution is 6.14. The summed E-state index contributed by atoms with van der Waals surface area (Å²) in [5.41, 5.74) is 0.422. The molecule has 10 heteroatoms. The van der Waals surface area contributed by atoms with Crippen LogP contribution < -0.4 is 10.1 Å². The number of fused-ring (bicyclic) bond motifs is 1. The van der Waals surface area contributed by atoms with E-state index >= 15 is 0 Å². The minimum Gasteiger partial charge on any atom is -0.494 e. The predicted molar refractivity (Wildman–Crippen MR) is 99.3 cm³/mol. The fourth-order valence-corrected chi connectivity index (χ4v) is 3.12. The van der Waals surface area contributed by atoms with Crippen LogP contribution in [0.4, 0.5) is 5.95 Å². The average molecular weight is 395 g/mol. The van der Waals surface area contributed by atoms with E-state index in [2.05, 4.69) is 20.8 Å². The molecule has 0 bridgehead atoms. The fraction of sp³-hybridized carbons (Fsp3) is 0.211. The summed E-state index contributed by atoms with van der Waals surface area (Å²) in [6, 6.07) is 9.16. The molecule has 0 aliphatic carbocycles. The van der Waals surface area contributed by atoms with Crippen molar-refractivity contribution in [2.75, 3.05) is 19.0 Å². The van der Waals surface area contributed by atoms with Crippen molar-refractivity contribution in [2.24, 2.45) is 0 Å². The van der Waals surface area contributed by atoms with Gasteiger partial charge in [0.1, 0.15) is 23.2 Å². The molecule has 10 nitrogen and oxygen atoms in total. The molecule has 1 aliphatic heterocycles. The molecular weight excluding hydrogens is 378 g/mol. The molecule has 1 aromatic carbocycles. The zero-order chi connectivity index (χ0) is 20.4. The number of nitrogens with one attached hydrogen (secondary N) is 1. The molecule has 1 atom stereocenters. The molecule has 1 aliphatic rings. The normalized spacial score (nSPS) is 15.4. The van der Waals surface area contributed by atoms with Gasteiger partial charge in [-0.15, -0.1) is 0 Å². The van der Waals surface area contributed by atoms with E-state index in [0.717, 1.165) is 0 Å². The summed E-state index contributed by atoms with van der Waals surface area (Å²) in [6.07, 6.45) is 1.47. The minimum atomic E-state index is -0.843. The van der Waals surface area contributed by atoms with Crippen LogP contribution in [-0.4, -0.2) is 45.7 Å². The van der Waals surface area contributed by atoms with Crippen LogP contribution in [0, 0.1) is 0 Å². The highest BCUT2D eigenvalue weighted by Crippen LogP contribution is 2.36. The van der Waals surface area contributed by atoms with Crippen LogP contribution in [0.2, 0.25) is 0 Å². The lowest BCUT2D eigenvalue weighted by Crippen LogP contribution is -2.32. The summed E-state index contributed by atoms with van der Waals surface area (Å²) in [5.74, 6) is 0.109. The molecule has 29 heavy (non-hydrogen) atoms. The van der Waals surface area contributed by atoms with Gasteiger partial charge in [0.25, 0.3) is 0 Å². The number of tetrazole rings is 1. The lowest BCUT2D eigenvalue weighted by atomic mass is 9.92. The predicted octanol–water partition coefficient (Wildman–Crippen LogP) is 1.99. The SMILES string of the molecule is CCOc1ccc(C(=O)C2=C(C(=O)OC)Nc3nnnn3[C@H]2c2ccco2)cc1. The van der Waals surface area contributed by atoms with E-state index in [9.17, 15) is 9.59 Å². The topological polar surface area (TPSA) is 121 Å². The Hall–Kier alpha value is -3.95. The first-order chi connectivity index (χ1) is 14.1. The number of rotatable bonds is 6. The summed E-state index contributed by atoms with van der Waals surface area (Å²) < 4.78 is 17.2. The van der Waals surface area contributed by atoms with Crippen molar-refractivity contribution in [1.82, 2.24) is 20.2 Å². The molecule has 3 heterocycles. The van der Waals surface area contributed by atoms with Crippen LogP contribution in [0.5, 0.6) is 5.75 Å². The van der Waals surface area contributed by atoms with Crippen LogP contribution in [-0.2, 0) is 9.53 Å². The van der Waals surface area contributed by atoms with Gasteiger partial charge in [-0.05, 0) is 53.7 Å². The first-order valence-electron chi connectivity index (χ1n) is 8.82. The number of furan rings is 1. The standard InChI is InChI=1S/C19H17N5O5/c1-3-28-12-8-6-11(7-9-12)17(25)14-15(18(26)27-2)20-19-21-22-23-24(19)16(14)13-5-4-10-29-13/h4-10,16H,3H2,1-2H3,(H,20,21,23)/t16-/m0/s1. The second kappa shape index (κ2) is 7.58. The number of carbonyl (C=O) groups excluding carboxylic acids is 2. The van der Waals surface area contributed by atoms with Gasteiger partial charge in [-0.25, -0.2) is 4.79 Å². The molecule has 3 aromatic rings. The maximum atomic E-state index is 13.5. The van der Waals surface area contributed by atoms with Crippen LogP contribution in [0.15, 0.2) is 58.3 Å². The van der Waals surface area contributed by atoms with Gasteiger partial charge in [0.2, 0.25) is 5.95 Å². The summed E-state index contributed by atoms with van der Waals surface area (Å²) in [4.78, 5) is 25.9. The molecule has 0 unspecified atom stereocenters. The van der Waals surface area contributed by atoms with Crippen LogP contribution >= 0.6 is 0 Å². The van der Waals surface area contributed by atoms with Crippen molar-refractivity contribution in [2.45, 2.75) is 13.0 Å². The maximum absolute atomic E-state index is 13.5. The number of ether oxygens (including phenoxy) is 2. The van der Waals surface area contributed by atoms with Crippen molar-refractivity contribution in [1.29, 1.82) is 0 Å². The van der Waals surface area contributed by atoms with E-state index in [4.69, 9.17) is 13.9 Å². The van der Waals surface area contributed by atoms with Crippen LogP contribution in [0.25, 0.3) is 0 Å². The number of nitrogens with zero attached hydrogens (tertiary/aromatic N) is 4. The third-order valence-electron chi connectivity index (χ3n) is 4.39. The first-order valence-corrected chi connectivity index (χ1v) is 8.82. The van der Waals surface area contributed by atoms with Gasteiger partial charge in [0.15, 0.2) is 5.78 Å². The second-order valence-electron chi connectivity index (χ2n) is 6.06. The molecule has 0 fully saturated rings. The zero-order valence-corrected chi connectivity index (χ0v) is 15.7. The van der Waals surface area contributed by atoms with E-state index in [-0.39, 0.29) is 17.2 Å². The number of methoxy groups -OCH3 is 1. The Morgan fingerprint density at radius 1 is 1.24 bits per heavy atom. The monoisotopic (exact) mass is 395 g/mol. The molecule has 0 saturated carbocycles. The summed E-state index contributed by atoms with van der Waals surface area (Å²) in [5, 5.41) is 14.2. The molecule has 2 aromatic heterocycles. The lowest BCUT2D eigenvalue weighted by Gasteiger charge is -2.26. The van der Waals surface area contributed by atoms with Crippen molar-refractivity contribution < 1.29 is 23.5 Å². The van der Waals surface area contributed by atoms with Gasteiger partial charge in [-0.2, -0.15) is 4.68 Å². The van der Waals surface area contributed by atoms with E-state index in [0.29, 0.717) is 23.7 Å². The Morgan fingerprint density at radius 3 is 2.69 bits per heavy atom. The smallest absolute Gasteiger partial charge is 0.355 e. The Bertz CT molecular complexity index is 1070. The molecule has 0 spiro atoms. The number of aromatic nitrogens is 4. The maximum Gasteiger partial charge on any atom is 0.355 e. The minimum absolute atomic E-state index is 0.0462. The molecule has 148 valence electrons. The largest absolute Gasteiger partial charge is 0.494 e. The summed E-state index contributed by atoms with van der Waals surface area (Å²) >= 11 is 0. The number of esters is 1. The number of allylic oxidation sites excluding steroid dienone is 1. The molecule has 4 rings (SSSR count). The van der Waals surface area contributed by atoms with Gasteiger partial charge in [-0.1, -0.05) is 5.10 Å². The number of hydrogen-bond acceptors (Lipinski definition) is 9. The highest BCUT2D eigenvalue weighted by Gasteiger charge is 2.39. The molecule has 0 saturated heterocycles. The van der Waals surface area contributed by atoms with Gasteiger partial charge in [0.05, 0.1) is 25.6 Å². The van der Waals surface area contributed by atoms with Gasteiger partial charge >= 0.3 is 5.97 Å². The van der Waals surface area contributed by atoms with Crippen LogP contribution in [0.1, 0.15) is 29.1 Å². The Kier molecular flexibility index (Phi) is 4.82. The van der Waals surface area contributed by atoms with Crippen LogP contribution in [0.3, 0.4) is 0 Å². The number of benzene rings is 1. The summed E-state index contributed by atoms with van der Waals surface area (Å²) in [6.45, 7) is 2.38.